The van der Waals surface area contributed by atoms with Gasteiger partial charge in [0.1, 0.15) is 0 Å². The van der Waals surface area contributed by atoms with Crippen molar-refractivity contribution in [2.24, 2.45) is 0 Å². The molecule has 0 heterocycles. The summed E-state index contributed by atoms with van der Waals surface area (Å²) in [5, 5.41) is 3.86. The van der Waals surface area contributed by atoms with Gasteiger partial charge in [-0.3, -0.25) is 0 Å². The first-order valence-electron chi connectivity index (χ1n) is 8.12. The molecule has 1 heteroatoms. The number of nitrogens with one attached hydrogen (secondary N) is 1. The monoisotopic (exact) mass is 281 g/mol. The number of benzene rings is 2. The minimum atomic E-state index is 0.419. The van der Waals surface area contributed by atoms with Crippen LogP contribution in [0.3, 0.4) is 0 Å². The largest absolute Gasteiger partial charge is 0.303 e. The van der Waals surface area contributed by atoms with E-state index in [0.29, 0.717) is 12.1 Å². The van der Waals surface area contributed by atoms with Gasteiger partial charge in [-0.25, -0.2) is 0 Å². The summed E-state index contributed by atoms with van der Waals surface area (Å²) in [6, 6.07) is 20.6. The van der Waals surface area contributed by atoms with E-state index in [9.17, 15) is 0 Å². The molecule has 112 valence electrons. The van der Waals surface area contributed by atoms with Crippen molar-refractivity contribution in [1.82, 2.24) is 5.32 Å². The Morgan fingerprint density at radius 2 is 1.43 bits per heavy atom. The van der Waals surface area contributed by atoms with E-state index in [1.165, 1.54) is 29.5 Å². The molecule has 0 aliphatic carbocycles. The molecule has 0 aromatic heterocycles. The zero-order valence-corrected chi connectivity index (χ0v) is 13.5. The SMILES string of the molecule is CCCC(NC(CC)c1ccc(C)cc1)c1ccccc1. The molecule has 0 fully saturated rings. The highest BCUT2D eigenvalue weighted by molar-refractivity contribution is 5.25. The molecule has 2 atom stereocenters. The van der Waals surface area contributed by atoms with Crippen LogP contribution in [0.15, 0.2) is 54.6 Å². The van der Waals surface area contributed by atoms with E-state index in [4.69, 9.17) is 0 Å². The van der Waals surface area contributed by atoms with Crippen molar-refractivity contribution in [3.63, 3.8) is 0 Å². The zero-order valence-electron chi connectivity index (χ0n) is 13.5. The summed E-state index contributed by atoms with van der Waals surface area (Å²) in [4.78, 5) is 0. The minimum absolute atomic E-state index is 0.419. The third-order valence-electron chi connectivity index (χ3n) is 4.07. The van der Waals surface area contributed by atoms with Crippen LogP contribution in [0.5, 0.6) is 0 Å². The molecule has 1 nitrogen and oxygen atoms in total. The van der Waals surface area contributed by atoms with Gasteiger partial charge in [0.25, 0.3) is 0 Å². The van der Waals surface area contributed by atoms with Gasteiger partial charge in [0.15, 0.2) is 0 Å². The van der Waals surface area contributed by atoms with Crippen molar-refractivity contribution >= 4 is 0 Å². The molecule has 2 aromatic carbocycles. The quantitative estimate of drug-likeness (QED) is 0.699. The van der Waals surface area contributed by atoms with Crippen molar-refractivity contribution in [3.8, 4) is 0 Å². The predicted molar refractivity (Wildman–Crippen MR) is 91.4 cm³/mol. The number of hydrogen-bond acceptors (Lipinski definition) is 1. The maximum absolute atomic E-state index is 3.86. The molecule has 0 amide bonds. The Morgan fingerprint density at radius 3 is 2.00 bits per heavy atom. The van der Waals surface area contributed by atoms with E-state index in [1.807, 2.05) is 0 Å². The summed E-state index contributed by atoms with van der Waals surface area (Å²) in [5.74, 6) is 0. The second kappa shape index (κ2) is 7.99. The lowest BCUT2D eigenvalue weighted by Gasteiger charge is -2.26. The maximum atomic E-state index is 3.86. The van der Waals surface area contributed by atoms with Gasteiger partial charge in [-0.1, -0.05) is 80.4 Å². The predicted octanol–water partition coefficient (Wildman–Crippen LogP) is 5.58. The lowest BCUT2D eigenvalue weighted by Crippen LogP contribution is -2.26. The van der Waals surface area contributed by atoms with E-state index in [1.54, 1.807) is 0 Å². The minimum Gasteiger partial charge on any atom is -0.303 e. The van der Waals surface area contributed by atoms with E-state index in [-0.39, 0.29) is 0 Å². The summed E-state index contributed by atoms with van der Waals surface area (Å²) >= 11 is 0. The molecule has 21 heavy (non-hydrogen) atoms. The highest BCUT2D eigenvalue weighted by atomic mass is 14.9. The van der Waals surface area contributed by atoms with Gasteiger partial charge >= 0.3 is 0 Å². The molecule has 2 aromatic rings. The van der Waals surface area contributed by atoms with Gasteiger partial charge in [0.05, 0.1) is 0 Å². The van der Waals surface area contributed by atoms with Crippen LogP contribution in [0.4, 0.5) is 0 Å². The second-order valence-electron chi connectivity index (χ2n) is 5.79. The number of hydrogen-bond donors (Lipinski definition) is 1. The maximum Gasteiger partial charge on any atom is 0.0325 e. The highest BCUT2D eigenvalue weighted by Gasteiger charge is 2.16. The highest BCUT2D eigenvalue weighted by Crippen LogP contribution is 2.25. The molecule has 0 saturated carbocycles. The molecular weight excluding hydrogens is 254 g/mol. The summed E-state index contributed by atoms with van der Waals surface area (Å²) in [5.41, 5.74) is 4.10. The van der Waals surface area contributed by atoms with Gasteiger partial charge in [0.2, 0.25) is 0 Å². The van der Waals surface area contributed by atoms with Crippen LogP contribution >= 0.6 is 0 Å². The van der Waals surface area contributed by atoms with Crippen molar-refractivity contribution in [1.29, 1.82) is 0 Å². The Hall–Kier alpha value is -1.60. The molecular formula is C20H27N. The summed E-state index contributed by atoms with van der Waals surface area (Å²) < 4.78 is 0. The van der Waals surface area contributed by atoms with Crippen molar-refractivity contribution in [3.05, 3.63) is 71.3 Å². The van der Waals surface area contributed by atoms with Crippen molar-refractivity contribution in [2.75, 3.05) is 0 Å². The van der Waals surface area contributed by atoms with Crippen molar-refractivity contribution in [2.45, 2.75) is 52.1 Å². The third-order valence-corrected chi connectivity index (χ3v) is 4.07. The molecule has 0 saturated heterocycles. The third kappa shape index (κ3) is 4.44. The van der Waals surface area contributed by atoms with Crippen LogP contribution in [-0.2, 0) is 0 Å². The van der Waals surface area contributed by atoms with Crippen LogP contribution < -0.4 is 5.32 Å². The van der Waals surface area contributed by atoms with E-state index in [2.05, 4.69) is 80.7 Å². The molecule has 0 bridgehead atoms. The molecule has 0 spiro atoms. The fourth-order valence-corrected chi connectivity index (χ4v) is 2.81. The Bertz CT molecular complexity index is 515. The van der Waals surface area contributed by atoms with Gasteiger partial charge in [-0.05, 0) is 30.9 Å². The first-order valence-corrected chi connectivity index (χ1v) is 8.12. The lowest BCUT2D eigenvalue weighted by atomic mass is 9.97. The first-order chi connectivity index (χ1) is 10.2. The smallest absolute Gasteiger partial charge is 0.0325 e. The van der Waals surface area contributed by atoms with Crippen LogP contribution in [0.25, 0.3) is 0 Å². The lowest BCUT2D eigenvalue weighted by molar-refractivity contribution is 0.413. The van der Waals surface area contributed by atoms with Crippen LogP contribution in [0.2, 0.25) is 0 Å². The Kier molecular flexibility index (Phi) is 6.01. The topological polar surface area (TPSA) is 12.0 Å². The van der Waals surface area contributed by atoms with Crippen LogP contribution in [0.1, 0.15) is 61.9 Å². The molecule has 0 aliphatic heterocycles. The molecule has 1 N–H and O–H groups in total. The fourth-order valence-electron chi connectivity index (χ4n) is 2.81. The molecule has 2 unspecified atom stereocenters. The summed E-state index contributed by atoms with van der Waals surface area (Å²) in [6.07, 6.45) is 3.47. The van der Waals surface area contributed by atoms with E-state index in [0.717, 1.165) is 6.42 Å². The normalized spacial score (nSPS) is 13.9. The fraction of sp³-hybridized carbons (Fsp3) is 0.400. The average molecular weight is 281 g/mol. The Morgan fingerprint density at radius 1 is 0.810 bits per heavy atom. The van der Waals surface area contributed by atoms with Crippen molar-refractivity contribution < 1.29 is 0 Å². The van der Waals surface area contributed by atoms with E-state index < -0.39 is 0 Å². The Balaban J connectivity index is 2.15. The van der Waals surface area contributed by atoms with Crippen LogP contribution in [-0.4, -0.2) is 0 Å². The van der Waals surface area contributed by atoms with Gasteiger partial charge in [-0.15, -0.1) is 0 Å². The Labute approximate surface area is 129 Å². The van der Waals surface area contributed by atoms with Crippen LogP contribution in [0, 0.1) is 6.92 Å². The molecule has 0 aliphatic rings. The second-order valence-corrected chi connectivity index (χ2v) is 5.79. The van der Waals surface area contributed by atoms with Gasteiger partial charge < -0.3 is 5.32 Å². The molecule has 2 rings (SSSR count). The standard InChI is InChI=1S/C20H27N/c1-4-9-20(17-10-7-6-8-11-17)21-19(5-2)18-14-12-16(3)13-15-18/h6-8,10-15,19-21H,4-5,9H2,1-3H3. The first kappa shape index (κ1) is 15.8. The summed E-state index contributed by atoms with van der Waals surface area (Å²) in [6.45, 7) is 6.65. The van der Waals surface area contributed by atoms with Gasteiger partial charge in [-0.2, -0.15) is 0 Å². The number of aryl methyl sites for hydroxylation is 1. The zero-order chi connectivity index (χ0) is 15.1. The number of rotatable bonds is 7. The van der Waals surface area contributed by atoms with E-state index >= 15 is 0 Å². The summed E-state index contributed by atoms with van der Waals surface area (Å²) in [7, 11) is 0. The van der Waals surface area contributed by atoms with Gasteiger partial charge in [0, 0.05) is 12.1 Å². The average Bonchev–Trinajstić information content (AvgIpc) is 2.53. The molecule has 0 radical (unpaired) electrons.